The Labute approximate surface area is 102 Å². The summed E-state index contributed by atoms with van der Waals surface area (Å²) in [6.45, 7) is 3.32. The summed E-state index contributed by atoms with van der Waals surface area (Å²) < 4.78 is 0.907. The minimum atomic E-state index is 0.0837. The van der Waals surface area contributed by atoms with Crippen LogP contribution in [0.5, 0.6) is 0 Å². The summed E-state index contributed by atoms with van der Waals surface area (Å²) >= 11 is 2.13. The number of hydrogen-bond donors (Lipinski definition) is 1. The van der Waals surface area contributed by atoms with Crippen LogP contribution in [0.15, 0.2) is 18.3 Å². The van der Waals surface area contributed by atoms with Gasteiger partial charge >= 0.3 is 0 Å². The number of carbonyl (C=O) groups excluding carboxylic acids is 1. The van der Waals surface area contributed by atoms with E-state index in [1.54, 1.807) is 6.20 Å². The van der Waals surface area contributed by atoms with Crippen molar-refractivity contribution in [2.75, 3.05) is 26.2 Å². The monoisotopic (exact) mass is 317 g/mol. The van der Waals surface area contributed by atoms with E-state index in [4.69, 9.17) is 0 Å². The maximum Gasteiger partial charge on any atom is 0.255 e. The molecule has 1 N–H and O–H groups in total. The van der Waals surface area contributed by atoms with E-state index in [9.17, 15) is 4.79 Å². The van der Waals surface area contributed by atoms with Gasteiger partial charge in [-0.05, 0) is 34.7 Å². The lowest BCUT2D eigenvalue weighted by molar-refractivity contribution is 0.0735. The SMILES string of the molecule is O=C(c1ccc(I)nc1)N1CCNCC1. The third kappa shape index (κ3) is 2.66. The van der Waals surface area contributed by atoms with E-state index in [1.807, 2.05) is 17.0 Å². The van der Waals surface area contributed by atoms with E-state index in [2.05, 4.69) is 32.9 Å². The van der Waals surface area contributed by atoms with Gasteiger partial charge in [0.1, 0.15) is 3.70 Å². The van der Waals surface area contributed by atoms with Crippen LogP contribution in [0, 0.1) is 3.70 Å². The second-order valence-electron chi connectivity index (χ2n) is 3.41. The number of halogens is 1. The molecule has 80 valence electrons. The molecule has 2 rings (SSSR count). The van der Waals surface area contributed by atoms with Crippen LogP contribution in [0.3, 0.4) is 0 Å². The largest absolute Gasteiger partial charge is 0.336 e. The molecule has 1 aliphatic heterocycles. The Bertz CT molecular complexity index is 346. The van der Waals surface area contributed by atoms with Gasteiger partial charge < -0.3 is 10.2 Å². The first-order valence-corrected chi connectivity index (χ1v) is 5.97. The van der Waals surface area contributed by atoms with E-state index in [-0.39, 0.29) is 5.91 Å². The van der Waals surface area contributed by atoms with Crippen LogP contribution in [0.25, 0.3) is 0 Å². The molecule has 0 unspecified atom stereocenters. The zero-order chi connectivity index (χ0) is 10.7. The number of pyridine rings is 1. The first-order chi connectivity index (χ1) is 7.27. The van der Waals surface area contributed by atoms with Crippen molar-refractivity contribution in [2.45, 2.75) is 0 Å². The average Bonchev–Trinajstić information content (AvgIpc) is 2.30. The van der Waals surface area contributed by atoms with E-state index in [0.29, 0.717) is 5.56 Å². The third-order valence-corrected chi connectivity index (χ3v) is 3.02. The molecule has 5 heteroatoms. The van der Waals surface area contributed by atoms with Gasteiger partial charge in [-0.25, -0.2) is 4.98 Å². The fourth-order valence-corrected chi connectivity index (χ4v) is 1.87. The van der Waals surface area contributed by atoms with Gasteiger partial charge in [-0.2, -0.15) is 0 Å². The Morgan fingerprint density at radius 3 is 2.73 bits per heavy atom. The molecule has 0 spiro atoms. The molecule has 0 radical (unpaired) electrons. The van der Waals surface area contributed by atoms with Crippen molar-refractivity contribution in [3.63, 3.8) is 0 Å². The Morgan fingerprint density at radius 2 is 2.13 bits per heavy atom. The molecule has 1 aromatic heterocycles. The lowest BCUT2D eigenvalue weighted by Gasteiger charge is -2.27. The molecule has 1 aliphatic rings. The smallest absolute Gasteiger partial charge is 0.255 e. The van der Waals surface area contributed by atoms with Crippen molar-refractivity contribution in [3.8, 4) is 0 Å². The fraction of sp³-hybridized carbons (Fsp3) is 0.400. The zero-order valence-corrected chi connectivity index (χ0v) is 10.4. The lowest BCUT2D eigenvalue weighted by Crippen LogP contribution is -2.46. The summed E-state index contributed by atoms with van der Waals surface area (Å²) in [7, 11) is 0. The normalized spacial score (nSPS) is 16.5. The first kappa shape index (κ1) is 10.8. The van der Waals surface area contributed by atoms with E-state index in [1.165, 1.54) is 0 Å². The molecule has 1 amide bonds. The number of nitrogens with zero attached hydrogens (tertiary/aromatic N) is 2. The van der Waals surface area contributed by atoms with Gasteiger partial charge in [-0.3, -0.25) is 4.79 Å². The number of amides is 1. The number of nitrogens with one attached hydrogen (secondary N) is 1. The topological polar surface area (TPSA) is 45.2 Å². The van der Waals surface area contributed by atoms with Crippen molar-refractivity contribution in [1.82, 2.24) is 15.2 Å². The molecule has 0 saturated carbocycles. The Hall–Kier alpha value is -0.690. The number of hydrogen-bond acceptors (Lipinski definition) is 3. The first-order valence-electron chi connectivity index (χ1n) is 4.89. The molecular formula is C10H12IN3O. The van der Waals surface area contributed by atoms with Gasteiger partial charge in [-0.15, -0.1) is 0 Å². The lowest BCUT2D eigenvalue weighted by atomic mass is 10.2. The minimum Gasteiger partial charge on any atom is -0.336 e. The summed E-state index contributed by atoms with van der Waals surface area (Å²) in [4.78, 5) is 17.9. The van der Waals surface area contributed by atoms with Crippen LogP contribution in [-0.2, 0) is 0 Å². The van der Waals surface area contributed by atoms with Crippen molar-refractivity contribution >= 4 is 28.5 Å². The summed E-state index contributed by atoms with van der Waals surface area (Å²) in [6, 6.07) is 3.69. The van der Waals surface area contributed by atoms with Crippen molar-refractivity contribution in [1.29, 1.82) is 0 Å². The molecule has 0 bridgehead atoms. The minimum absolute atomic E-state index is 0.0837. The second kappa shape index (κ2) is 4.89. The van der Waals surface area contributed by atoms with E-state index >= 15 is 0 Å². The van der Waals surface area contributed by atoms with Crippen LogP contribution in [0.4, 0.5) is 0 Å². The van der Waals surface area contributed by atoms with E-state index in [0.717, 1.165) is 29.9 Å². The van der Waals surface area contributed by atoms with Crippen molar-refractivity contribution in [2.24, 2.45) is 0 Å². The van der Waals surface area contributed by atoms with Crippen molar-refractivity contribution in [3.05, 3.63) is 27.6 Å². The highest BCUT2D eigenvalue weighted by Crippen LogP contribution is 2.07. The Kier molecular flexibility index (Phi) is 3.53. The summed E-state index contributed by atoms with van der Waals surface area (Å²) in [6.07, 6.45) is 1.64. The predicted molar refractivity (Wildman–Crippen MR) is 65.7 cm³/mol. The van der Waals surface area contributed by atoms with E-state index < -0.39 is 0 Å². The summed E-state index contributed by atoms with van der Waals surface area (Å²) in [5, 5.41) is 3.22. The van der Waals surface area contributed by atoms with Gasteiger partial charge in [0.15, 0.2) is 0 Å². The molecule has 1 fully saturated rings. The maximum atomic E-state index is 12.0. The molecule has 0 aliphatic carbocycles. The van der Waals surface area contributed by atoms with Crippen molar-refractivity contribution < 1.29 is 4.79 Å². The predicted octanol–water partition coefficient (Wildman–Crippen LogP) is 0.732. The van der Waals surface area contributed by atoms with Crippen LogP contribution >= 0.6 is 22.6 Å². The molecule has 4 nitrogen and oxygen atoms in total. The van der Waals surface area contributed by atoms with Gasteiger partial charge in [-0.1, -0.05) is 0 Å². The molecule has 1 aromatic rings. The highest BCUT2D eigenvalue weighted by molar-refractivity contribution is 14.1. The zero-order valence-electron chi connectivity index (χ0n) is 8.24. The summed E-state index contributed by atoms with van der Waals surface area (Å²) in [5.74, 6) is 0.0837. The molecule has 0 aromatic carbocycles. The molecular weight excluding hydrogens is 305 g/mol. The highest BCUT2D eigenvalue weighted by Gasteiger charge is 2.17. The third-order valence-electron chi connectivity index (χ3n) is 2.38. The molecule has 1 saturated heterocycles. The quantitative estimate of drug-likeness (QED) is 0.614. The average molecular weight is 317 g/mol. The Balaban J connectivity index is 2.09. The standard InChI is InChI=1S/C10H12IN3O/c11-9-2-1-8(7-13-9)10(15)14-5-3-12-4-6-14/h1-2,7,12H,3-6H2. The van der Waals surface area contributed by atoms with Crippen LogP contribution in [0.1, 0.15) is 10.4 Å². The van der Waals surface area contributed by atoms with Gasteiger partial charge in [0.05, 0.1) is 5.56 Å². The molecule has 0 atom stereocenters. The number of aromatic nitrogens is 1. The highest BCUT2D eigenvalue weighted by atomic mass is 127. The summed E-state index contributed by atoms with van der Waals surface area (Å²) in [5.41, 5.74) is 0.678. The molecule has 15 heavy (non-hydrogen) atoms. The second-order valence-corrected chi connectivity index (χ2v) is 4.52. The van der Waals surface area contributed by atoms with Gasteiger partial charge in [0.25, 0.3) is 5.91 Å². The maximum absolute atomic E-state index is 12.0. The number of carbonyl (C=O) groups is 1. The Morgan fingerprint density at radius 1 is 1.40 bits per heavy atom. The molecule has 2 heterocycles. The van der Waals surface area contributed by atoms with Gasteiger partial charge in [0.2, 0.25) is 0 Å². The van der Waals surface area contributed by atoms with Crippen LogP contribution in [0.2, 0.25) is 0 Å². The number of piperazine rings is 1. The van der Waals surface area contributed by atoms with Crippen LogP contribution in [-0.4, -0.2) is 42.0 Å². The fourth-order valence-electron chi connectivity index (χ4n) is 1.55. The number of rotatable bonds is 1. The van der Waals surface area contributed by atoms with Crippen LogP contribution < -0.4 is 5.32 Å². The van der Waals surface area contributed by atoms with Gasteiger partial charge in [0, 0.05) is 32.4 Å².